The first-order chi connectivity index (χ1) is 14.1. The smallest absolute Gasteiger partial charge is 0.281 e. The molecule has 0 saturated heterocycles. The van der Waals surface area contributed by atoms with Crippen molar-refractivity contribution < 1.29 is 14.3 Å². The quantitative estimate of drug-likeness (QED) is 0.448. The zero-order valence-corrected chi connectivity index (χ0v) is 17.2. The van der Waals surface area contributed by atoms with Crippen LogP contribution in [0.25, 0.3) is 10.6 Å². The average molecular weight is 410 g/mol. The fourth-order valence-corrected chi connectivity index (χ4v) is 3.56. The van der Waals surface area contributed by atoms with E-state index in [1.54, 1.807) is 31.2 Å². The Labute approximate surface area is 173 Å². The maximum atomic E-state index is 12.5. The molecule has 29 heavy (non-hydrogen) atoms. The van der Waals surface area contributed by atoms with E-state index in [2.05, 4.69) is 22.8 Å². The highest BCUT2D eigenvalue weighted by molar-refractivity contribution is 7.17. The fourth-order valence-electron chi connectivity index (χ4n) is 2.59. The maximum absolute atomic E-state index is 12.5. The van der Waals surface area contributed by atoms with Crippen molar-refractivity contribution in [2.75, 3.05) is 6.61 Å². The van der Waals surface area contributed by atoms with Crippen LogP contribution in [0.4, 0.5) is 0 Å². The second kappa shape index (κ2) is 9.84. The molecule has 6 nitrogen and oxygen atoms in total. The van der Waals surface area contributed by atoms with E-state index >= 15 is 0 Å². The summed E-state index contributed by atoms with van der Waals surface area (Å²) in [4.78, 5) is 29.7. The lowest BCUT2D eigenvalue weighted by Gasteiger charge is -2.08. The van der Waals surface area contributed by atoms with E-state index in [0.717, 1.165) is 23.4 Å². The number of carbonyl (C=O) groups is 2. The average Bonchev–Trinajstić information content (AvgIpc) is 3.15. The molecule has 1 aromatic heterocycles. The number of amides is 2. The summed E-state index contributed by atoms with van der Waals surface area (Å²) >= 11 is 1.29. The Morgan fingerprint density at radius 2 is 1.69 bits per heavy atom. The SMILES string of the molecule is CCCCOc1ccc(C(=O)NNC(=O)c2sc(-c3ccccc3)nc2C)cc1. The van der Waals surface area contributed by atoms with E-state index in [0.29, 0.717) is 28.5 Å². The highest BCUT2D eigenvalue weighted by Crippen LogP contribution is 2.27. The van der Waals surface area contributed by atoms with Gasteiger partial charge in [0.2, 0.25) is 0 Å². The Morgan fingerprint density at radius 3 is 2.38 bits per heavy atom. The molecule has 0 aliphatic heterocycles. The van der Waals surface area contributed by atoms with Crippen molar-refractivity contribution >= 4 is 23.2 Å². The number of aromatic nitrogens is 1. The largest absolute Gasteiger partial charge is 0.494 e. The normalized spacial score (nSPS) is 10.4. The van der Waals surface area contributed by atoms with E-state index in [4.69, 9.17) is 4.74 Å². The molecule has 2 N–H and O–H groups in total. The lowest BCUT2D eigenvalue weighted by atomic mass is 10.2. The van der Waals surface area contributed by atoms with Gasteiger partial charge in [-0.15, -0.1) is 11.3 Å². The minimum absolute atomic E-state index is 0.393. The first-order valence-electron chi connectivity index (χ1n) is 9.45. The number of unbranched alkanes of at least 4 members (excludes halogenated alkanes) is 1. The number of ether oxygens (including phenoxy) is 1. The van der Waals surface area contributed by atoms with Gasteiger partial charge in [0.05, 0.1) is 12.3 Å². The van der Waals surface area contributed by atoms with Crippen LogP contribution >= 0.6 is 11.3 Å². The molecule has 3 rings (SSSR count). The van der Waals surface area contributed by atoms with E-state index in [1.807, 2.05) is 30.3 Å². The highest BCUT2D eigenvalue weighted by atomic mass is 32.1. The molecule has 3 aromatic rings. The highest BCUT2D eigenvalue weighted by Gasteiger charge is 2.17. The zero-order chi connectivity index (χ0) is 20.6. The third-order valence-electron chi connectivity index (χ3n) is 4.20. The molecule has 0 spiro atoms. The molecule has 0 aliphatic carbocycles. The lowest BCUT2D eigenvalue weighted by Crippen LogP contribution is -2.41. The molecule has 150 valence electrons. The Kier molecular flexibility index (Phi) is 6.97. The number of rotatable bonds is 7. The van der Waals surface area contributed by atoms with Crippen LogP contribution in [0.3, 0.4) is 0 Å². The number of benzene rings is 2. The van der Waals surface area contributed by atoms with Gasteiger partial charge >= 0.3 is 0 Å². The topological polar surface area (TPSA) is 80.3 Å². The summed E-state index contributed by atoms with van der Waals surface area (Å²) in [5.41, 5.74) is 6.90. The molecule has 0 fully saturated rings. The molecule has 0 radical (unpaired) electrons. The molecule has 1 heterocycles. The second-order valence-corrected chi connectivity index (χ2v) is 7.43. The van der Waals surface area contributed by atoms with Crippen LogP contribution in [0.1, 0.15) is 45.5 Å². The lowest BCUT2D eigenvalue weighted by molar-refractivity contribution is 0.0848. The van der Waals surface area contributed by atoms with Gasteiger partial charge in [0.25, 0.3) is 11.8 Å². The molecule has 0 unspecified atom stereocenters. The van der Waals surface area contributed by atoms with Crippen LogP contribution in [0.2, 0.25) is 0 Å². The fraction of sp³-hybridized carbons (Fsp3) is 0.227. The first-order valence-corrected chi connectivity index (χ1v) is 10.3. The number of aryl methyl sites for hydroxylation is 1. The van der Waals surface area contributed by atoms with Crippen molar-refractivity contribution in [1.82, 2.24) is 15.8 Å². The Hall–Kier alpha value is -3.19. The molecule has 0 saturated carbocycles. The predicted molar refractivity (Wildman–Crippen MR) is 114 cm³/mol. The summed E-state index contributed by atoms with van der Waals surface area (Å²) in [6.45, 7) is 4.52. The van der Waals surface area contributed by atoms with Crippen molar-refractivity contribution in [3.05, 3.63) is 70.7 Å². The monoisotopic (exact) mass is 409 g/mol. The van der Waals surface area contributed by atoms with Gasteiger partial charge in [-0.2, -0.15) is 0 Å². The van der Waals surface area contributed by atoms with Gasteiger partial charge in [-0.25, -0.2) is 4.98 Å². The maximum Gasteiger partial charge on any atom is 0.281 e. The summed E-state index contributed by atoms with van der Waals surface area (Å²) in [6, 6.07) is 16.5. The molecule has 0 bridgehead atoms. The van der Waals surface area contributed by atoms with Crippen molar-refractivity contribution in [3.63, 3.8) is 0 Å². The number of hydrogen-bond donors (Lipinski definition) is 2. The summed E-state index contributed by atoms with van der Waals surface area (Å²) in [5, 5.41) is 0.762. The van der Waals surface area contributed by atoms with Gasteiger partial charge in [0.15, 0.2) is 0 Å². The molecule has 2 amide bonds. The number of nitrogens with zero attached hydrogens (tertiary/aromatic N) is 1. The van der Waals surface area contributed by atoms with Gasteiger partial charge in [0, 0.05) is 11.1 Å². The molecule has 0 aliphatic rings. The van der Waals surface area contributed by atoms with Crippen LogP contribution in [0, 0.1) is 6.92 Å². The number of hydrazine groups is 1. The molecule has 0 atom stereocenters. The van der Waals surface area contributed by atoms with E-state index in [-0.39, 0.29) is 0 Å². The predicted octanol–water partition coefficient (Wildman–Crippen LogP) is 4.37. The van der Waals surface area contributed by atoms with Crippen molar-refractivity contribution in [3.8, 4) is 16.3 Å². The Balaban J connectivity index is 1.58. The minimum atomic E-state index is -0.399. The molecular formula is C22H23N3O3S. The van der Waals surface area contributed by atoms with Crippen LogP contribution in [0.15, 0.2) is 54.6 Å². The van der Waals surface area contributed by atoms with E-state index in [1.165, 1.54) is 11.3 Å². The minimum Gasteiger partial charge on any atom is -0.494 e. The number of hydrogen-bond acceptors (Lipinski definition) is 5. The van der Waals surface area contributed by atoms with Gasteiger partial charge in [0.1, 0.15) is 15.6 Å². The zero-order valence-electron chi connectivity index (χ0n) is 16.4. The number of thiazole rings is 1. The number of nitrogens with one attached hydrogen (secondary N) is 2. The standard InChI is InChI=1S/C22H23N3O3S/c1-3-4-14-28-18-12-10-16(11-13-18)20(26)24-25-21(27)19-15(2)23-22(29-19)17-8-6-5-7-9-17/h5-13H,3-4,14H2,1-2H3,(H,24,26)(H,25,27). The van der Waals surface area contributed by atoms with Crippen LogP contribution < -0.4 is 15.6 Å². The van der Waals surface area contributed by atoms with Crippen LogP contribution in [-0.4, -0.2) is 23.4 Å². The third kappa shape index (κ3) is 5.42. The van der Waals surface area contributed by atoms with Gasteiger partial charge in [-0.1, -0.05) is 43.7 Å². The van der Waals surface area contributed by atoms with Gasteiger partial charge < -0.3 is 4.74 Å². The van der Waals surface area contributed by atoms with E-state index in [9.17, 15) is 9.59 Å². The second-order valence-electron chi connectivity index (χ2n) is 6.43. The molecular weight excluding hydrogens is 386 g/mol. The van der Waals surface area contributed by atoms with Crippen molar-refractivity contribution in [2.45, 2.75) is 26.7 Å². The number of carbonyl (C=O) groups excluding carboxylic acids is 2. The first kappa shape index (κ1) is 20.5. The van der Waals surface area contributed by atoms with Gasteiger partial charge in [-0.05, 0) is 37.6 Å². The molecule has 7 heteroatoms. The Bertz CT molecular complexity index is 969. The summed E-state index contributed by atoms with van der Waals surface area (Å²) in [6.07, 6.45) is 2.05. The van der Waals surface area contributed by atoms with Crippen LogP contribution in [-0.2, 0) is 0 Å². The van der Waals surface area contributed by atoms with Crippen molar-refractivity contribution in [2.24, 2.45) is 0 Å². The summed E-state index contributed by atoms with van der Waals surface area (Å²) < 4.78 is 5.58. The van der Waals surface area contributed by atoms with Crippen LogP contribution in [0.5, 0.6) is 5.75 Å². The summed E-state index contributed by atoms with van der Waals surface area (Å²) in [7, 11) is 0. The van der Waals surface area contributed by atoms with Crippen molar-refractivity contribution in [1.29, 1.82) is 0 Å². The molecule has 2 aromatic carbocycles. The van der Waals surface area contributed by atoms with E-state index < -0.39 is 11.8 Å². The summed E-state index contributed by atoms with van der Waals surface area (Å²) in [5.74, 6) is -0.0771. The Morgan fingerprint density at radius 1 is 1.00 bits per heavy atom. The van der Waals surface area contributed by atoms with Gasteiger partial charge in [-0.3, -0.25) is 20.4 Å². The third-order valence-corrected chi connectivity index (χ3v) is 5.40.